The largest absolute Gasteiger partial charge is 0.465 e. The zero-order valence-electron chi connectivity index (χ0n) is 19.7. The van der Waals surface area contributed by atoms with Gasteiger partial charge in [-0.25, -0.2) is 0 Å². The van der Waals surface area contributed by atoms with Gasteiger partial charge in [0.05, 0.1) is 6.61 Å². The van der Waals surface area contributed by atoms with Gasteiger partial charge in [-0.2, -0.15) is 8.42 Å². The average molecular weight is 449 g/mol. The Labute approximate surface area is 186 Å². The van der Waals surface area contributed by atoms with Crippen molar-refractivity contribution in [1.29, 1.82) is 0 Å². The highest BCUT2D eigenvalue weighted by Crippen LogP contribution is 2.16. The summed E-state index contributed by atoms with van der Waals surface area (Å²) in [6.07, 6.45) is 20.6. The summed E-state index contributed by atoms with van der Waals surface area (Å²) in [6, 6.07) is 0. The molecule has 1 atom stereocenters. The molecule has 1 unspecified atom stereocenters. The molecule has 0 amide bonds. The third-order valence-electron chi connectivity index (χ3n) is 5.68. The van der Waals surface area contributed by atoms with Crippen LogP contribution in [0.1, 0.15) is 136 Å². The molecule has 0 aliphatic heterocycles. The number of rotatable bonds is 22. The van der Waals surface area contributed by atoms with Gasteiger partial charge in [-0.15, -0.1) is 0 Å². The Bertz CT molecular complexity index is 490. The molecule has 180 valence electrons. The van der Waals surface area contributed by atoms with Crippen molar-refractivity contribution >= 4 is 16.1 Å². The van der Waals surface area contributed by atoms with Crippen LogP contribution in [-0.4, -0.2) is 30.8 Å². The van der Waals surface area contributed by atoms with Gasteiger partial charge >= 0.3 is 5.97 Å². The Morgan fingerprint density at radius 3 is 1.43 bits per heavy atom. The maximum atomic E-state index is 12.1. The molecule has 0 radical (unpaired) electrons. The van der Waals surface area contributed by atoms with Gasteiger partial charge in [0.15, 0.2) is 5.25 Å². The molecule has 0 aromatic carbocycles. The van der Waals surface area contributed by atoms with Gasteiger partial charge in [-0.1, -0.05) is 123 Å². The highest BCUT2D eigenvalue weighted by molar-refractivity contribution is 7.87. The van der Waals surface area contributed by atoms with Crippen molar-refractivity contribution in [3.05, 3.63) is 0 Å². The summed E-state index contributed by atoms with van der Waals surface area (Å²) in [5, 5.41) is -1.43. The van der Waals surface area contributed by atoms with Crippen LogP contribution in [0.25, 0.3) is 0 Å². The van der Waals surface area contributed by atoms with Crippen molar-refractivity contribution in [2.24, 2.45) is 0 Å². The van der Waals surface area contributed by atoms with Crippen LogP contribution in [0.5, 0.6) is 0 Å². The van der Waals surface area contributed by atoms with Crippen molar-refractivity contribution in [2.75, 3.05) is 6.61 Å². The molecule has 0 aromatic heterocycles. The first-order valence-electron chi connectivity index (χ1n) is 12.6. The molecule has 0 spiro atoms. The number of hydrogen-bond acceptors (Lipinski definition) is 4. The Kier molecular flexibility index (Phi) is 19.9. The number of hydrogen-bond donors (Lipinski definition) is 1. The van der Waals surface area contributed by atoms with Gasteiger partial charge in [0.1, 0.15) is 0 Å². The van der Waals surface area contributed by atoms with Crippen LogP contribution >= 0.6 is 0 Å². The molecule has 0 aliphatic carbocycles. The van der Waals surface area contributed by atoms with Crippen LogP contribution in [0, 0.1) is 0 Å². The minimum Gasteiger partial charge on any atom is -0.465 e. The first-order chi connectivity index (χ1) is 14.4. The van der Waals surface area contributed by atoms with E-state index >= 15 is 0 Å². The maximum Gasteiger partial charge on any atom is 0.326 e. The summed E-state index contributed by atoms with van der Waals surface area (Å²) in [5.74, 6) is -0.795. The van der Waals surface area contributed by atoms with E-state index in [-0.39, 0.29) is 13.0 Å². The average Bonchev–Trinajstić information content (AvgIpc) is 2.69. The van der Waals surface area contributed by atoms with E-state index in [2.05, 4.69) is 13.8 Å². The quantitative estimate of drug-likeness (QED) is 0.107. The molecule has 0 heterocycles. The lowest BCUT2D eigenvalue weighted by molar-refractivity contribution is -0.143. The molecule has 30 heavy (non-hydrogen) atoms. The number of esters is 1. The topological polar surface area (TPSA) is 80.7 Å². The third kappa shape index (κ3) is 18.2. The lowest BCUT2D eigenvalue weighted by Gasteiger charge is -2.13. The van der Waals surface area contributed by atoms with E-state index in [9.17, 15) is 17.8 Å². The summed E-state index contributed by atoms with van der Waals surface area (Å²) in [5.41, 5.74) is 0. The predicted octanol–water partition coefficient (Wildman–Crippen LogP) is 7.24. The van der Waals surface area contributed by atoms with Crippen molar-refractivity contribution in [1.82, 2.24) is 0 Å². The second-order valence-electron chi connectivity index (χ2n) is 8.62. The first kappa shape index (κ1) is 29.4. The molecule has 6 heteroatoms. The minimum absolute atomic E-state index is 0.144. The van der Waals surface area contributed by atoms with Crippen molar-refractivity contribution in [3.63, 3.8) is 0 Å². The van der Waals surface area contributed by atoms with Crippen LogP contribution < -0.4 is 0 Å². The predicted molar refractivity (Wildman–Crippen MR) is 125 cm³/mol. The standard InChI is InChI=1S/C24H48O5S/c1-3-5-7-9-11-13-14-16-18-20-22-29-24(25)23(30(26,27)28)21-19-17-15-12-10-8-6-4-2/h23H,3-22H2,1-2H3,(H,26,27,28). The van der Waals surface area contributed by atoms with E-state index in [1.54, 1.807) is 0 Å². The molecule has 0 bridgehead atoms. The smallest absolute Gasteiger partial charge is 0.326 e. The molecule has 0 aliphatic rings. The normalized spacial score (nSPS) is 12.8. The highest BCUT2D eigenvalue weighted by Gasteiger charge is 2.31. The molecule has 0 fully saturated rings. The lowest BCUT2D eigenvalue weighted by atomic mass is 10.1. The summed E-state index contributed by atoms with van der Waals surface area (Å²) in [6.45, 7) is 4.64. The molecule has 0 saturated heterocycles. The van der Waals surface area contributed by atoms with Crippen LogP contribution in [0.15, 0.2) is 0 Å². The van der Waals surface area contributed by atoms with Crippen molar-refractivity contribution in [2.45, 2.75) is 141 Å². The zero-order chi connectivity index (χ0) is 22.5. The van der Waals surface area contributed by atoms with Gasteiger partial charge in [-0.3, -0.25) is 9.35 Å². The van der Waals surface area contributed by atoms with E-state index in [0.717, 1.165) is 38.5 Å². The van der Waals surface area contributed by atoms with Crippen molar-refractivity contribution in [3.8, 4) is 0 Å². The number of carbonyl (C=O) groups excluding carboxylic acids is 1. The van der Waals surface area contributed by atoms with Gasteiger partial charge in [0, 0.05) is 0 Å². The fraction of sp³-hybridized carbons (Fsp3) is 0.958. The van der Waals surface area contributed by atoms with E-state index in [4.69, 9.17) is 4.74 Å². The number of unbranched alkanes of at least 4 members (excludes halogenated alkanes) is 16. The van der Waals surface area contributed by atoms with Gasteiger partial charge < -0.3 is 4.74 Å². The van der Waals surface area contributed by atoms with E-state index < -0.39 is 21.3 Å². The van der Waals surface area contributed by atoms with Crippen LogP contribution in [0.4, 0.5) is 0 Å². The number of carbonyl (C=O) groups is 1. The van der Waals surface area contributed by atoms with Crippen LogP contribution in [-0.2, 0) is 19.6 Å². The SMILES string of the molecule is CCCCCCCCCCCCOC(=O)C(CCCCCCCCCC)S(=O)(=O)O. The summed E-state index contributed by atoms with van der Waals surface area (Å²) < 4.78 is 37.7. The Balaban J connectivity index is 3.82. The fourth-order valence-electron chi connectivity index (χ4n) is 3.71. The Morgan fingerprint density at radius 1 is 0.667 bits per heavy atom. The van der Waals surface area contributed by atoms with Gasteiger partial charge in [-0.05, 0) is 12.8 Å². The van der Waals surface area contributed by atoms with Gasteiger partial charge in [0.25, 0.3) is 10.1 Å². The summed E-state index contributed by atoms with van der Waals surface area (Å²) >= 11 is 0. The molecular formula is C24H48O5S. The Morgan fingerprint density at radius 2 is 1.03 bits per heavy atom. The second kappa shape index (κ2) is 20.3. The molecular weight excluding hydrogens is 400 g/mol. The van der Waals surface area contributed by atoms with E-state index in [0.29, 0.717) is 6.42 Å². The summed E-state index contributed by atoms with van der Waals surface area (Å²) in [7, 11) is -4.41. The number of ether oxygens (including phenoxy) is 1. The molecule has 1 N–H and O–H groups in total. The second-order valence-corrected chi connectivity index (χ2v) is 10.2. The lowest BCUT2D eigenvalue weighted by Crippen LogP contribution is -2.32. The Hall–Kier alpha value is -0.620. The van der Waals surface area contributed by atoms with Crippen LogP contribution in [0.2, 0.25) is 0 Å². The monoisotopic (exact) mass is 448 g/mol. The van der Waals surface area contributed by atoms with Gasteiger partial charge in [0.2, 0.25) is 0 Å². The summed E-state index contributed by atoms with van der Waals surface area (Å²) in [4.78, 5) is 12.1. The fourth-order valence-corrected chi connectivity index (χ4v) is 4.48. The van der Waals surface area contributed by atoms with Crippen molar-refractivity contribution < 1.29 is 22.5 Å². The van der Waals surface area contributed by atoms with E-state index in [1.165, 1.54) is 70.6 Å². The molecule has 0 rings (SSSR count). The maximum absolute atomic E-state index is 12.1. The third-order valence-corrected chi connectivity index (χ3v) is 6.83. The van der Waals surface area contributed by atoms with Crippen LogP contribution in [0.3, 0.4) is 0 Å². The molecule has 0 aromatic rings. The van der Waals surface area contributed by atoms with E-state index in [1.807, 2.05) is 0 Å². The highest BCUT2D eigenvalue weighted by atomic mass is 32.2. The zero-order valence-corrected chi connectivity index (χ0v) is 20.5. The molecule has 0 saturated carbocycles. The molecule has 5 nitrogen and oxygen atoms in total. The minimum atomic E-state index is -4.41. The first-order valence-corrected chi connectivity index (χ1v) is 14.1.